The highest BCUT2D eigenvalue weighted by molar-refractivity contribution is 7.89. The van der Waals surface area contributed by atoms with Gasteiger partial charge in [0.05, 0.1) is 9.82 Å². The second kappa shape index (κ2) is 6.31. The maximum atomic E-state index is 12.0. The van der Waals surface area contributed by atoms with Gasteiger partial charge in [-0.2, -0.15) is 0 Å². The van der Waals surface area contributed by atoms with Crippen molar-refractivity contribution in [2.24, 2.45) is 0 Å². The van der Waals surface area contributed by atoms with Crippen LogP contribution in [-0.4, -0.2) is 19.9 Å². The van der Waals surface area contributed by atoms with Crippen LogP contribution in [-0.2, 0) is 10.0 Å². The van der Waals surface area contributed by atoms with Gasteiger partial charge in [-0.05, 0) is 18.9 Å². The van der Waals surface area contributed by atoms with Gasteiger partial charge in [0.2, 0.25) is 10.0 Å². The molecule has 0 saturated heterocycles. The SMILES string of the molecule is C#CCCCNS(=O)(=O)c1cc([N+](=O)[O-])ccc1C. The summed E-state index contributed by atoms with van der Waals surface area (Å²) in [5.74, 6) is 2.41. The molecule has 102 valence electrons. The van der Waals surface area contributed by atoms with E-state index < -0.39 is 14.9 Å². The monoisotopic (exact) mass is 282 g/mol. The molecule has 0 aliphatic rings. The first-order chi connectivity index (χ1) is 8.88. The molecule has 1 rings (SSSR count). The van der Waals surface area contributed by atoms with E-state index in [4.69, 9.17) is 6.42 Å². The molecule has 0 aromatic heterocycles. The van der Waals surface area contributed by atoms with Gasteiger partial charge < -0.3 is 0 Å². The first kappa shape index (κ1) is 15.1. The van der Waals surface area contributed by atoms with Crippen molar-refractivity contribution in [3.05, 3.63) is 33.9 Å². The fourth-order valence-electron chi connectivity index (χ4n) is 1.47. The highest BCUT2D eigenvalue weighted by Crippen LogP contribution is 2.21. The first-order valence-corrected chi connectivity index (χ1v) is 7.05. The molecule has 0 aliphatic heterocycles. The minimum absolute atomic E-state index is 0.0811. The molecule has 0 radical (unpaired) electrons. The van der Waals surface area contributed by atoms with Crippen molar-refractivity contribution in [3.8, 4) is 12.3 Å². The molecule has 0 heterocycles. The summed E-state index contributed by atoms with van der Waals surface area (Å²) in [7, 11) is -3.75. The number of nitro benzene ring substituents is 1. The molecular weight excluding hydrogens is 268 g/mol. The zero-order valence-electron chi connectivity index (χ0n) is 10.4. The number of unbranched alkanes of at least 4 members (excludes halogenated alkanes) is 1. The summed E-state index contributed by atoms with van der Waals surface area (Å²) in [6.07, 6.45) is 6.05. The number of hydrogen-bond acceptors (Lipinski definition) is 4. The molecule has 6 nitrogen and oxygen atoms in total. The Bertz CT molecular complexity index is 617. The van der Waals surface area contributed by atoms with Crippen molar-refractivity contribution < 1.29 is 13.3 Å². The number of rotatable bonds is 6. The molecule has 0 saturated carbocycles. The molecule has 0 bridgehead atoms. The molecule has 0 atom stereocenters. The van der Waals surface area contributed by atoms with Crippen molar-refractivity contribution in [3.63, 3.8) is 0 Å². The average Bonchev–Trinajstić information content (AvgIpc) is 2.34. The van der Waals surface area contributed by atoms with Crippen LogP contribution in [0.5, 0.6) is 0 Å². The van der Waals surface area contributed by atoms with E-state index in [9.17, 15) is 18.5 Å². The number of sulfonamides is 1. The lowest BCUT2D eigenvalue weighted by atomic mass is 10.2. The zero-order chi connectivity index (χ0) is 14.5. The van der Waals surface area contributed by atoms with Gasteiger partial charge in [-0.15, -0.1) is 12.3 Å². The lowest BCUT2D eigenvalue weighted by Crippen LogP contribution is -2.25. The van der Waals surface area contributed by atoms with Gasteiger partial charge in [-0.25, -0.2) is 13.1 Å². The van der Waals surface area contributed by atoms with Gasteiger partial charge in [0, 0.05) is 25.1 Å². The van der Waals surface area contributed by atoms with E-state index in [0.29, 0.717) is 18.4 Å². The van der Waals surface area contributed by atoms with E-state index >= 15 is 0 Å². The van der Waals surface area contributed by atoms with Crippen LogP contribution in [0.15, 0.2) is 23.1 Å². The fraction of sp³-hybridized carbons (Fsp3) is 0.333. The van der Waals surface area contributed by atoms with E-state index in [1.807, 2.05) is 0 Å². The molecule has 1 aromatic carbocycles. The van der Waals surface area contributed by atoms with Crippen LogP contribution in [0.25, 0.3) is 0 Å². The normalized spacial score (nSPS) is 10.9. The Hall–Kier alpha value is -1.91. The molecule has 0 fully saturated rings. The predicted octanol–water partition coefficient (Wildman–Crippen LogP) is 1.59. The highest BCUT2D eigenvalue weighted by atomic mass is 32.2. The number of non-ortho nitro benzene ring substituents is 1. The maximum absolute atomic E-state index is 12.0. The summed E-state index contributed by atoms with van der Waals surface area (Å²) in [6, 6.07) is 3.74. The van der Waals surface area contributed by atoms with Gasteiger partial charge in [0.1, 0.15) is 0 Å². The van der Waals surface area contributed by atoms with Crippen LogP contribution in [0.3, 0.4) is 0 Å². The maximum Gasteiger partial charge on any atom is 0.270 e. The topological polar surface area (TPSA) is 89.3 Å². The minimum Gasteiger partial charge on any atom is -0.258 e. The lowest BCUT2D eigenvalue weighted by molar-refractivity contribution is -0.385. The van der Waals surface area contributed by atoms with Gasteiger partial charge >= 0.3 is 0 Å². The Kier molecular flexibility index (Phi) is 5.03. The Balaban J connectivity index is 2.97. The van der Waals surface area contributed by atoms with Gasteiger partial charge in [-0.3, -0.25) is 10.1 Å². The van der Waals surface area contributed by atoms with E-state index in [1.54, 1.807) is 6.92 Å². The summed E-state index contributed by atoms with van der Waals surface area (Å²) < 4.78 is 26.4. The van der Waals surface area contributed by atoms with Gasteiger partial charge in [0.15, 0.2) is 0 Å². The number of nitro groups is 1. The van der Waals surface area contributed by atoms with Crippen LogP contribution < -0.4 is 4.72 Å². The molecule has 0 amide bonds. The second-order valence-corrected chi connectivity index (χ2v) is 5.65. The zero-order valence-corrected chi connectivity index (χ0v) is 11.2. The van der Waals surface area contributed by atoms with Crippen LogP contribution in [0.1, 0.15) is 18.4 Å². The fourth-order valence-corrected chi connectivity index (χ4v) is 2.80. The molecule has 19 heavy (non-hydrogen) atoms. The number of terminal acetylenes is 1. The van der Waals surface area contributed by atoms with E-state index in [-0.39, 0.29) is 17.1 Å². The average molecular weight is 282 g/mol. The van der Waals surface area contributed by atoms with Crippen LogP contribution in [0.4, 0.5) is 5.69 Å². The van der Waals surface area contributed by atoms with Crippen molar-refractivity contribution in [1.82, 2.24) is 4.72 Å². The number of nitrogens with zero attached hydrogens (tertiary/aromatic N) is 1. The second-order valence-electron chi connectivity index (χ2n) is 3.91. The summed E-state index contributed by atoms with van der Waals surface area (Å²) in [5.41, 5.74) is 0.199. The minimum atomic E-state index is -3.75. The van der Waals surface area contributed by atoms with Crippen LogP contribution in [0.2, 0.25) is 0 Å². The largest absolute Gasteiger partial charge is 0.270 e. The number of nitrogens with one attached hydrogen (secondary N) is 1. The van der Waals surface area contributed by atoms with Gasteiger partial charge in [0.25, 0.3) is 5.69 Å². The highest BCUT2D eigenvalue weighted by Gasteiger charge is 2.19. The Morgan fingerprint density at radius 1 is 1.47 bits per heavy atom. The van der Waals surface area contributed by atoms with Crippen molar-refractivity contribution in [1.29, 1.82) is 0 Å². The third kappa shape index (κ3) is 4.05. The molecule has 0 unspecified atom stereocenters. The smallest absolute Gasteiger partial charge is 0.258 e. The molecule has 1 N–H and O–H groups in total. The lowest BCUT2D eigenvalue weighted by Gasteiger charge is -2.08. The van der Waals surface area contributed by atoms with E-state index in [1.165, 1.54) is 12.1 Å². The molecule has 0 aliphatic carbocycles. The summed E-state index contributed by atoms with van der Waals surface area (Å²) in [4.78, 5) is 9.95. The summed E-state index contributed by atoms with van der Waals surface area (Å²) in [5, 5.41) is 10.7. The van der Waals surface area contributed by atoms with Crippen molar-refractivity contribution in [2.45, 2.75) is 24.7 Å². The predicted molar refractivity (Wildman–Crippen MR) is 71.1 cm³/mol. The van der Waals surface area contributed by atoms with Crippen molar-refractivity contribution >= 4 is 15.7 Å². The number of hydrogen-bond donors (Lipinski definition) is 1. The molecule has 7 heteroatoms. The third-order valence-electron chi connectivity index (χ3n) is 2.46. The molecule has 0 spiro atoms. The molecule has 1 aromatic rings. The van der Waals surface area contributed by atoms with Crippen molar-refractivity contribution in [2.75, 3.05) is 6.54 Å². The Morgan fingerprint density at radius 2 is 2.16 bits per heavy atom. The van der Waals surface area contributed by atoms with Crippen LogP contribution in [0, 0.1) is 29.4 Å². The first-order valence-electron chi connectivity index (χ1n) is 5.56. The van der Waals surface area contributed by atoms with Gasteiger partial charge in [-0.1, -0.05) is 6.07 Å². The Labute approximate surface area is 112 Å². The molecular formula is C12H14N2O4S. The van der Waals surface area contributed by atoms with E-state index in [2.05, 4.69) is 10.6 Å². The van der Waals surface area contributed by atoms with E-state index in [0.717, 1.165) is 6.07 Å². The standard InChI is InChI=1S/C12H14N2O4S/c1-3-4-5-8-13-19(17,18)12-9-11(14(15)16)7-6-10(12)2/h1,6-7,9,13H,4-5,8H2,2H3. The Morgan fingerprint density at radius 3 is 2.74 bits per heavy atom. The number of benzene rings is 1. The summed E-state index contributed by atoms with van der Waals surface area (Å²) in [6.45, 7) is 1.79. The third-order valence-corrected chi connectivity index (χ3v) is 4.07. The summed E-state index contributed by atoms with van der Waals surface area (Å²) >= 11 is 0. The quantitative estimate of drug-likeness (QED) is 0.371. The van der Waals surface area contributed by atoms with Crippen LogP contribution >= 0.6 is 0 Å². The number of aryl methyl sites for hydroxylation is 1.